The van der Waals surface area contributed by atoms with E-state index in [-0.39, 0.29) is 0 Å². The minimum absolute atomic E-state index is 0.299. The van der Waals surface area contributed by atoms with E-state index in [2.05, 4.69) is 25.0 Å². The number of aromatic nitrogens is 2. The Kier molecular flexibility index (Phi) is 7.15. The van der Waals surface area contributed by atoms with Gasteiger partial charge in [-0.2, -0.15) is 5.48 Å². The summed E-state index contributed by atoms with van der Waals surface area (Å²) in [6.45, 7) is 4.01. The van der Waals surface area contributed by atoms with Crippen molar-refractivity contribution < 1.29 is 14.4 Å². The first kappa shape index (κ1) is 20.8. The molecular formula is C20H22ClN5O3. The normalized spacial score (nSPS) is 16.7. The summed E-state index contributed by atoms with van der Waals surface area (Å²) in [5, 5.41) is 4.14. The molecule has 1 aromatic heterocycles. The van der Waals surface area contributed by atoms with Gasteiger partial charge in [0.25, 0.3) is 5.91 Å². The monoisotopic (exact) mass is 415 g/mol. The number of hydroxylamine groups is 1. The molecule has 29 heavy (non-hydrogen) atoms. The molecule has 0 saturated carbocycles. The molecule has 0 unspecified atom stereocenters. The van der Waals surface area contributed by atoms with Gasteiger partial charge in [-0.25, -0.2) is 4.98 Å². The van der Waals surface area contributed by atoms with Crippen LogP contribution in [0.15, 0.2) is 42.7 Å². The second-order valence-electron chi connectivity index (χ2n) is 6.71. The first-order chi connectivity index (χ1) is 14.0. The van der Waals surface area contributed by atoms with E-state index < -0.39 is 11.9 Å². The van der Waals surface area contributed by atoms with Gasteiger partial charge in [0.2, 0.25) is 0 Å². The minimum atomic E-state index is -0.597. The number of nitrogens with one attached hydrogen (secondary N) is 2. The lowest BCUT2D eigenvalue weighted by Crippen LogP contribution is -2.26. The third-order valence-electron chi connectivity index (χ3n) is 4.32. The number of nitrogens with zero attached hydrogens (tertiary/aromatic N) is 3. The molecule has 9 heteroatoms. The highest BCUT2D eigenvalue weighted by Gasteiger charge is 2.22. The van der Waals surface area contributed by atoms with E-state index in [1.807, 2.05) is 29.7 Å². The summed E-state index contributed by atoms with van der Waals surface area (Å²) in [6.07, 6.45) is 6.92. The molecule has 2 aromatic rings. The van der Waals surface area contributed by atoms with E-state index in [0.29, 0.717) is 17.6 Å². The summed E-state index contributed by atoms with van der Waals surface area (Å²) in [7, 11) is 0. The van der Waals surface area contributed by atoms with Crippen LogP contribution in [0.2, 0.25) is 5.02 Å². The van der Waals surface area contributed by atoms with Gasteiger partial charge in [0.15, 0.2) is 0 Å². The van der Waals surface area contributed by atoms with Crippen LogP contribution >= 0.6 is 11.6 Å². The minimum Gasteiger partial charge on any atom is -0.365 e. The van der Waals surface area contributed by atoms with Crippen molar-refractivity contribution in [1.82, 2.24) is 20.3 Å². The zero-order valence-electron chi connectivity index (χ0n) is 16.0. The molecule has 8 nitrogen and oxygen atoms in total. The lowest BCUT2D eigenvalue weighted by Gasteiger charge is -2.17. The Morgan fingerprint density at radius 1 is 1.28 bits per heavy atom. The second kappa shape index (κ2) is 9.99. The Balaban J connectivity index is 1.45. The molecule has 1 saturated heterocycles. The van der Waals surface area contributed by atoms with Crippen LogP contribution < -0.4 is 10.8 Å². The molecule has 1 aliphatic rings. The number of hydrogen-bond donors (Lipinski definition) is 2. The second-order valence-corrected chi connectivity index (χ2v) is 7.15. The van der Waals surface area contributed by atoms with Crippen LogP contribution in [0.4, 0.5) is 5.82 Å². The Labute approximate surface area is 173 Å². The van der Waals surface area contributed by atoms with E-state index in [1.165, 1.54) is 24.6 Å². The number of amides is 1. The van der Waals surface area contributed by atoms with E-state index in [1.54, 1.807) is 12.4 Å². The fourth-order valence-electron chi connectivity index (χ4n) is 2.97. The van der Waals surface area contributed by atoms with E-state index in [0.717, 1.165) is 31.1 Å². The van der Waals surface area contributed by atoms with Gasteiger partial charge in [-0.15, -0.1) is 0 Å². The van der Waals surface area contributed by atoms with Gasteiger partial charge >= 0.3 is 5.97 Å². The highest BCUT2D eigenvalue weighted by molar-refractivity contribution is 6.30. The van der Waals surface area contributed by atoms with Gasteiger partial charge < -0.3 is 10.2 Å². The Morgan fingerprint density at radius 3 is 2.76 bits per heavy atom. The maximum absolute atomic E-state index is 11.4. The van der Waals surface area contributed by atoms with Crippen molar-refractivity contribution in [1.29, 1.82) is 0 Å². The molecule has 0 radical (unpaired) electrons. The van der Waals surface area contributed by atoms with Crippen molar-refractivity contribution in [3.8, 4) is 0 Å². The number of likely N-dealkylation sites (tertiary alicyclic amines) is 1. The molecule has 1 fully saturated rings. The maximum Gasteiger partial charge on any atom is 0.329 e. The van der Waals surface area contributed by atoms with Crippen molar-refractivity contribution >= 4 is 35.4 Å². The molecule has 2 N–H and O–H groups in total. The Morgan fingerprint density at radius 2 is 2.07 bits per heavy atom. The number of anilines is 1. The zero-order chi connectivity index (χ0) is 20.6. The topological polar surface area (TPSA) is 96.4 Å². The molecule has 0 aliphatic carbocycles. The molecule has 1 aromatic carbocycles. The maximum atomic E-state index is 11.4. The molecule has 1 atom stereocenters. The van der Waals surface area contributed by atoms with Crippen LogP contribution in [0.3, 0.4) is 0 Å². The predicted molar refractivity (Wildman–Crippen MR) is 110 cm³/mol. The van der Waals surface area contributed by atoms with Crippen molar-refractivity contribution in [2.24, 2.45) is 0 Å². The van der Waals surface area contributed by atoms with Gasteiger partial charge in [0, 0.05) is 43.7 Å². The van der Waals surface area contributed by atoms with E-state index in [4.69, 9.17) is 11.6 Å². The van der Waals surface area contributed by atoms with Crippen LogP contribution in [0.5, 0.6) is 0 Å². The highest BCUT2D eigenvalue weighted by atomic mass is 35.5. The molecule has 1 amide bonds. The molecule has 0 bridgehead atoms. The average Bonchev–Trinajstić information content (AvgIpc) is 3.14. The number of halogens is 1. The first-order valence-corrected chi connectivity index (χ1v) is 9.56. The molecule has 2 heterocycles. The summed E-state index contributed by atoms with van der Waals surface area (Å²) in [6, 6.07) is 8.22. The van der Waals surface area contributed by atoms with Crippen molar-refractivity contribution in [3.05, 3.63) is 59.0 Å². The third kappa shape index (κ3) is 6.85. The molecular weight excluding hydrogens is 394 g/mol. The fourth-order valence-corrected chi connectivity index (χ4v) is 3.09. The predicted octanol–water partition coefficient (Wildman–Crippen LogP) is 2.42. The third-order valence-corrected chi connectivity index (χ3v) is 4.57. The van der Waals surface area contributed by atoms with Crippen LogP contribution in [-0.2, 0) is 21.0 Å². The van der Waals surface area contributed by atoms with E-state index >= 15 is 0 Å². The van der Waals surface area contributed by atoms with Gasteiger partial charge in [0.05, 0.1) is 18.1 Å². The Bertz CT molecular complexity index is 871. The molecule has 3 rings (SSSR count). The van der Waals surface area contributed by atoms with E-state index in [9.17, 15) is 9.59 Å². The number of rotatable bonds is 6. The summed E-state index contributed by atoms with van der Waals surface area (Å²) in [5.74, 6) is -0.471. The lowest BCUT2D eigenvalue weighted by molar-refractivity contribution is -0.154. The quantitative estimate of drug-likeness (QED) is 0.552. The zero-order valence-corrected chi connectivity index (χ0v) is 16.7. The van der Waals surface area contributed by atoms with Gasteiger partial charge in [-0.1, -0.05) is 23.7 Å². The summed E-state index contributed by atoms with van der Waals surface area (Å²) >= 11 is 5.94. The van der Waals surface area contributed by atoms with Crippen molar-refractivity contribution in [2.45, 2.75) is 25.9 Å². The van der Waals surface area contributed by atoms with Gasteiger partial charge in [-0.3, -0.25) is 19.5 Å². The highest BCUT2D eigenvalue weighted by Crippen LogP contribution is 2.18. The fraction of sp³-hybridized carbons (Fsp3) is 0.300. The number of carbonyl (C=O) groups is 2. The first-order valence-electron chi connectivity index (χ1n) is 9.19. The smallest absolute Gasteiger partial charge is 0.329 e. The standard InChI is InChI=1S/C20H22ClN5O3/c1-14(27)29-25-20(28)7-6-17-10-23-19(11-22-17)24-18-8-9-26(13-18)12-15-2-4-16(21)5-3-15/h2-7,10-11,18H,8-9,12-13H2,1H3,(H,23,24)(H,25,28)/b7-6+/t18-/m1/s1. The summed E-state index contributed by atoms with van der Waals surface area (Å²) < 4.78 is 0. The summed E-state index contributed by atoms with van der Waals surface area (Å²) in [4.78, 5) is 37.4. The number of carbonyl (C=O) groups excluding carboxylic acids is 2. The van der Waals surface area contributed by atoms with Crippen LogP contribution in [0, 0.1) is 0 Å². The largest absolute Gasteiger partial charge is 0.365 e. The van der Waals surface area contributed by atoms with Crippen LogP contribution in [0.25, 0.3) is 6.08 Å². The van der Waals surface area contributed by atoms with Crippen LogP contribution in [0.1, 0.15) is 24.6 Å². The van der Waals surface area contributed by atoms with Gasteiger partial charge in [0.1, 0.15) is 5.82 Å². The van der Waals surface area contributed by atoms with Crippen LogP contribution in [-0.4, -0.2) is 45.9 Å². The molecule has 152 valence electrons. The molecule has 1 aliphatic heterocycles. The lowest BCUT2D eigenvalue weighted by atomic mass is 10.2. The molecule has 0 spiro atoms. The number of hydrogen-bond acceptors (Lipinski definition) is 7. The SMILES string of the molecule is CC(=O)ONC(=O)/C=C/c1cnc(N[C@@H]2CCN(Cc3ccc(Cl)cc3)C2)cn1. The van der Waals surface area contributed by atoms with Crippen molar-refractivity contribution in [2.75, 3.05) is 18.4 Å². The van der Waals surface area contributed by atoms with Crippen molar-refractivity contribution in [3.63, 3.8) is 0 Å². The Hall–Kier alpha value is -2.97. The number of benzene rings is 1. The summed E-state index contributed by atoms with van der Waals surface area (Å²) in [5.41, 5.74) is 3.75. The van der Waals surface area contributed by atoms with Gasteiger partial charge in [-0.05, 0) is 30.2 Å². The average molecular weight is 416 g/mol.